The molecular formula is C24H22ClN3O4. The van der Waals surface area contributed by atoms with Gasteiger partial charge in [-0.2, -0.15) is 0 Å². The van der Waals surface area contributed by atoms with Crippen molar-refractivity contribution in [3.05, 3.63) is 100 Å². The Morgan fingerprint density at radius 2 is 1.69 bits per heavy atom. The number of hydroxylamine groups is 1. The molecule has 0 bridgehead atoms. The molecule has 3 N–H and O–H groups in total. The standard InChI is InChI=1S/C24H22ClN3O4/c25-19-10-11-20-21(14-19)28(15-17-6-8-18(9-7-17)22(29)26-32)24(31)27(23(20)30)13-12-16-4-2-1-3-5-16/h1-11,14,24,31-32H,12-13,15H2,(H,26,29). The minimum atomic E-state index is -1.18. The Morgan fingerprint density at radius 1 is 0.969 bits per heavy atom. The maximum Gasteiger partial charge on any atom is 0.274 e. The van der Waals surface area contributed by atoms with Gasteiger partial charge in [0.15, 0.2) is 0 Å². The number of amides is 2. The number of hydrogen-bond acceptors (Lipinski definition) is 5. The third-order valence-corrected chi connectivity index (χ3v) is 5.71. The number of hydrogen-bond donors (Lipinski definition) is 3. The molecule has 0 spiro atoms. The molecule has 0 aromatic heterocycles. The molecule has 7 nitrogen and oxygen atoms in total. The molecule has 0 aliphatic carbocycles. The van der Waals surface area contributed by atoms with Crippen molar-refractivity contribution in [2.24, 2.45) is 0 Å². The largest absolute Gasteiger partial charge is 0.356 e. The molecule has 0 saturated carbocycles. The van der Waals surface area contributed by atoms with Gasteiger partial charge in [-0.05, 0) is 47.9 Å². The Kier molecular flexibility index (Phi) is 6.41. The van der Waals surface area contributed by atoms with Gasteiger partial charge in [-0.25, -0.2) is 5.48 Å². The number of nitrogens with zero attached hydrogens (tertiary/aromatic N) is 2. The van der Waals surface area contributed by atoms with Crippen LogP contribution in [-0.4, -0.2) is 39.9 Å². The topological polar surface area (TPSA) is 93.1 Å². The molecule has 32 heavy (non-hydrogen) atoms. The summed E-state index contributed by atoms with van der Waals surface area (Å²) < 4.78 is 0. The normalized spacial score (nSPS) is 15.5. The molecule has 1 atom stereocenters. The second kappa shape index (κ2) is 9.40. The summed E-state index contributed by atoms with van der Waals surface area (Å²) in [4.78, 5) is 27.8. The Balaban J connectivity index is 1.62. The van der Waals surface area contributed by atoms with Gasteiger partial charge < -0.3 is 10.0 Å². The van der Waals surface area contributed by atoms with Crippen LogP contribution in [0.5, 0.6) is 0 Å². The van der Waals surface area contributed by atoms with Gasteiger partial charge in [0.25, 0.3) is 11.8 Å². The number of carbonyl (C=O) groups is 2. The average molecular weight is 452 g/mol. The summed E-state index contributed by atoms with van der Waals surface area (Å²) in [7, 11) is 0. The summed E-state index contributed by atoms with van der Waals surface area (Å²) in [6, 6.07) is 21.4. The highest BCUT2D eigenvalue weighted by Crippen LogP contribution is 2.34. The Labute approximate surface area is 190 Å². The van der Waals surface area contributed by atoms with Crippen LogP contribution in [0.4, 0.5) is 5.69 Å². The summed E-state index contributed by atoms with van der Waals surface area (Å²) >= 11 is 6.19. The fraction of sp³-hybridized carbons (Fsp3) is 0.167. The lowest BCUT2D eigenvalue weighted by molar-refractivity contribution is 0.00121. The van der Waals surface area contributed by atoms with Gasteiger partial charge >= 0.3 is 0 Å². The van der Waals surface area contributed by atoms with Crippen LogP contribution in [0.25, 0.3) is 0 Å². The van der Waals surface area contributed by atoms with Crippen molar-refractivity contribution in [1.29, 1.82) is 0 Å². The van der Waals surface area contributed by atoms with Gasteiger partial charge in [0, 0.05) is 23.7 Å². The van der Waals surface area contributed by atoms with Gasteiger partial charge in [0.2, 0.25) is 6.35 Å². The fourth-order valence-corrected chi connectivity index (χ4v) is 3.94. The highest BCUT2D eigenvalue weighted by Gasteiger charge is 2.36. The van der Waals surface area contributed by atoms with Crippen LogP contribution in [0.1, 0.15) is 31.8 Å². The minimum Gasteiger partial charge on any atom is -0.356 e. The van der Waals surface area contributed by atoms with Gasteiger partial charge in [-0.3, -0.25) is 19.7 Å². The monoisotopic (exact) mass is 451 g/mol. The molecular weight excluding hydrogens is 430 g/mol. The molecule has 1 aliphatic heterocycles. The van der Waals surface area contributed by atoms with E-state index in [1.165, 1.54) is 4.90 Å². The molecule has 0 fully saturated rings. The van der Waals surface area contributed by atoms with Gasteiger partial charge in [0.1, 0.15) is 0 Å². The van der Waals surface area contributed by atoms with Gasteiger partial charge in [-0.15, -0.1) is 0 Å². The second-order valence-corrected chi connectivity index (χ2v) is 7.94. The van der Waals surface area contributed by atoms with Crippen LogP contribution in [0.2, 0.25) is 5.02 Å². The van der Waals surface area contributed by atoms with E-state index < -0.39 is 12.3 Å². The van der Waals surface area contributed by atoms with Crippen molar-refractivity contribution in [2.45, 2.75) is 19.3 Å². The second-order valence-electron chi connectivity index (χ2n) is 7.51. The fourth-order valence-electron chi connectivity index (χ4n) is 3.78. The van der Waals surface area contributed by atoms with E-state index in [1.807, 2.05) is 30.3 Å². The van der Waals surface area contributed by atoms with E-state index in [2.05, 4.69) is 0 Å². The first-order valence-corrected chi connectivity index (χ1v) is 10.5. The van der Waals surface area contributed by atoms with Crippen molar-refractivity contribution in [3.63, 3.8) is 0 Å². The minimum absolute atomic E-state index is 0.258. The Bertz CT molecular complexity index is 1120. The first-order valence-electron chi connectivity index (χ1n) is 10.1. The van der Waals surface area contributed by atoms with E-state index in [-0.39, 0.29) is 12.5 Å². The smallest absolute Gasteiger partial charge is 0.274 e. The zero-order chi connectivity index (χ0) is 22.7. The van der Waals surface area contributed by atoms with Crippen molar-refractivity contribution >= 4 is 29.1 Å². The summed E-state index contributed by atoms with van der Waals surface area (Å²) in [5, 5.41) is 20.4. The maximum absolute atomic E-state index is 13.1. The molecule has 1 heterocycles. The maximum atomic E-state index is 13.1. The zero-order valence-electron chi connectivity index (χ0n) is 17.1. The van der Waals surface area contributed by atoms with E-state index in [9.17, 15) is 14.7 Å². The lowest BCUT2D eigenvalue weighted by Crippen LogP contribution is -2.55. The van der Waals surface area contributed by atoms with Crippen molar-refractivity contribution in [2.75, 3.05) is 11.4 Å². The number of nitrogens with one attached hydrogen (secondary N) is 1. The Hall–Kier alpha value is -3.39. The van der Waals surface area contributed by atoms with E-state index >= 15 is 0 Å². The number of rotatable bonds is 6. The molecule has 8 heteroatoms. The van der Waals surface area contributed by atoms with Crippen molar-refractivity contribution in [3.8, 4) is 0 Å². The number of carbonyl (C=O) groups excluding carboxylic acids is 2. The zero-order valence-corrected chi connectivity index (χ0v) is 17.9. The highest BCUT2D eigenvalue weighted by atomic mass is 35.5. The van der Waals surface area contributed by atoms with Crippen molar-refractivity contribution in [1.82, 2.24) is 10.4 Å². The lowest BCUT2D eigenvalue weighted by Gasteiger charge is -2.42. The molecule has 4 rings (SSSR count). The lowest BCUT2D eigenvalue weighted by atomic mass is 10.0. The summed E-state index contributed by atoms with van der Waals surface area (Å²) in [6.07, 6.45) is -0.580. The average Bonchev–Trinajstić information content (AvgIpc) is 2.82. The molecule has 1 unspecified atom stereocenters. The number of benzene rings is 3. The first kappa shape index (κ1) is 21.8. The predicted octanol–water partition coefficient (Wildman–Crippen LogP) is 3.44. The number of fused-ring (bicyclic) bond motifs is 1. The molecule has 3 aromatic rings. The van der Waals surface area contributed by atoms with E-state index in [0.29, 0.717) is 34.8 Å². The Morgan fingerprint density at radius 3 is 2.38 bits per heavy atom. The van der Waals surface area contributed by atoms with Gasteiger partial charge in [0.05, 0.1) is 11.3 Å². The molecule has 0 radical (unpaired) electrons. The number of aliphatic hydroxyl groups is 1. The van der Waals surface area contributed by atoms with E-state index in [1.54, 1.807) is 52.8 Å². The number of anilines is 1. The van der Waals surface area contributed by atoms with E-state index in [0.717, 1.165) is 11.1 Å². The van der Waals surface area contributed by atoms with Crippen LogP contribution >= 0.6 is 11.6 Å². The van der Waals surface area contributed by atoms with E-state index in [4.69, 9.17) is 16.8 Å². The van der Waals surface area contributed by atoms with Crippen LogP contribution in [0.3, 0.4) is 0 Å². The molecule has 1 aliphatic rings. The van der Waals surface area contributed by atoms with Crippen LogP contribution in [0, 0.1) is 0 Å². The predicted molar refractivity (Wildman–Crippen MR) is 121 cm³/mol. The summed E-state index contributed by atoms with van der Waals surface area (Å²) in [5.74, 6) is -0.865. The summed E-state index contributed by atoms with van der Waals surface area (Å²) in [6.45, 7) is 0.628. The number of aliphatic hydroxyl groups excluding tert-OH is 1. The van der Waals surface area contributed by atoms with Gasteiger partial charge in [-0.1, -0.05) is 54.1 Å². The SMILES string of the molecule is O=C(NO)c1ccc(CN2c3cc(Cl)ccc3C(=O)N(CCc3ccccc3)C2O)cc1. The highest BCUT2D eigenvalue weighted by molar-refractivity contribution is 6.31. The molecule has 0 saturated heterocycles. The van der Waals surface area contributed by atoms with Crippen molar-refractivity contribution < 1.29 is 19.9 Å². The third-order valence-electron chi connectivity index (χ3n) is 5.47. The molecule has 3 aromatic carbocycles. The third kappa shape index (κ3) is 4.45. The van der Waals surface area contributed by atoms with Crippen LogP contribution in [-0.2, 0) is 13.0 Å². The van der Waals surface area contributed by atoms with Crippen LogP contribution in [0.15, 0.2) is 72.8 Å². The number of halogens is 1. The molecule has 2 amide bonds. The molecule has 164 valence electrons. The summed E-state index contributed by atoms with van der Waals surface area (Å²) in [5.41, 5.74) is 4.78. The first-order chi connectivity index (χ1) is 15.5. The quantitative estimate of drug-likeness (QED) is 0.394. The van der Waals surface area contributed by atoms with Crippen LogP contribution < -0.4 is 10.4 Å².